The molecule has 162 valence electrons. The summed E-state index contributed by atoms with van der Waals surface area (Å²) in [6.45, 7) is 6.82. The smallest absolute Gasteiger partial charge is 0.410 e. The molecule has 1 atom stereocenters. The number of nitrogens with zero attached hydrogens (tertiary/aromatic N) is 2. The highest BCUT2D eigenvalue weighted by Gasteiger charge is 2.32. The monoisotopic (exact) mass is 430 g/mol. The van der Waals surface area contributed by atoms with Gasteiger partial charge in [0, 0.05) is 37.7 Å². The second-order valence-electron chi connectivity index (χ2n) is 8.91. The fourth-order valence-corrected chi connectivity index (χ4v) is 4.65. The molecule has 30 heavy (non-hydrogen) atoms. The Bertz CT molecular complexity index is 976. The minimum atomic E-state index is -3.29. The van der Waals surface area contributed by atoms with Crippen LogP contribution in [0.1, 0.15) is 50.7 Å². The summed E-state index contributed by atoms with van der Waals surface area (Å²) in [6.07, 6.45) is 6.14. The molecule has 1 saturated heterocycles. The van der Waals surface area contributed by atoms with Gasteiger partial charge >= 0.3 is 6.09 Å². The van der Waals surface area contributed by atoms with E-state index in [2.05, 4.69) is 4.98 Å². The first-order valence-electron chi connectivity index (χ1n) is 10.2. The zero-order valence-corrected chi connectivity index (χ0v) is 18.9. The third-order valence-corrected chi connectivity index (χ3v) is 6.46. The van der Waals surface area contributed by atoms with Crippen molar-refractivity contribution in [3.63, 3.8) is 0 Å². The van der Waals surface area contributed by atoms with Gasteiger partial charge in [0.1, 0.15) is 5.60 Å². The number of carbonyl (C=O) groups is 1. The quantitative estimate of drug-likeness (QED) is 0.724. The van der Waals surface area contributed by atoms with Crippen molar-refractivity contribution in [3.05, 3.63) is 59.9 Å². The largest absolute Gasteiger partial charge is 0.444 e. The molecule has 0 aliphatic carbocycles. The Balaban J connectivity index is 1.85. The Labute approximate surface area is 179 Å². The molecular formula is C23H30N2O4S. The normalized spacial score (nSPS) is 16.9. The van der Waals surface area contributed by atoms with Crippen molar-refractivity contribution in [1.29, 1.82) is 0 Å². The summed E-state index contributed by atoms with van der Waals surface area (Å²) >= 11 is 0. The molecule has 0 bridgehead atoms. The van der Waals surface area contributed by atoms with Crippen molar-refractivity contribution < 1.29 is 17.9 Å². The number of amides is 1. The summed E-state index contributed by atoms with van der Waals surface area (Å²) in [5, 5.41) is 0. The average molecular weight is 431 g/mol. The van der Waals surface area contributed by atoms with Crippen LogP contribution in [0, 0.1) is 5.92 Å². The second-order valence-corrected chi connectivity index (χ2v) is 10.9. The van der Waals surface area contributed by atoms with Crippen LogP contribution >= 0.6 is 0 Å². The van der Waals surface area contributed by atoms with E-state index in [0.717, 1.165) is 24.0 Å². The van der Waals surface area contributed by atoms with E-state index in [0.29, 0.717) is 18.0 Å². The third kappa shape index (κ3) is 5.59. The molecule has 0 spiro atoms. The van der Waals surface area contributed by atoms with Gasteiger partial charge in [-0.2, -0.15) is 0 Å². The highest BCUT2D eigenvalue weighted by atomic mass is 32.2. The van der Waals surface area contributed by atoms with Crippen molar-refractivity contribution in [1.82, 2.24) is 9.88 Å². The second kappa shape index (κ2) is 8.76. The van der Waals surface area contributed by atoms with E-state index in [4.69, 9.17) is 4.74 Å². The Hall–Kier alpha value is -2.41. The molecule has 1 fully saturated rings. The van der Waals surface area contributed by atoms with Gasteiger partial charge in [-0.1, -0.05) is 18.2 Å². The number of piperidine rings is 1. The van der Waals surface area contributed by atoms with Crippen molar-refractivity contribution >= 4 is 15.9 Å². The fraction of sp³-hybridized carbons (Fsp3) is 0.478. The maximum absolute atomic E-state index is 12.4. The molecule has 7 heteroatoms. The Morgan fingerprint density at radius 2 is 1.80 bits per heavy atom. The van der Waals surface area contributed by atoms with E-state index in [1.165, 1.54) is 6.26 Å². The minimum absolute atomic E-state index is 0.0150. The molecular weight excluding hydrogens is 400 g/mol. The molecule has 1 aromatic heterocycles. The van der Waals surface area contributed by atoms with E-state index >= 15 is 0 Å². The minimum Gasteiger partial charge on any atom is -0.444 e. The number of hydrogen-bond donors (Lipinski definition) is 0. The van der Waals surface area contributed by atoms with Gasteiger partial charge in [-0.15, -0.1) is 0 Å². The lowest BCUT2D eigenvalue weighted by atomic mass is 9.76. The first kappa shape index (κ1) is 22.3. The third-order valence-electron chi connectivity index (χ3n) is 5.35. The van der Waals surface area contributed by atoms with E-state index in [9.17, 15) is 13.2 Å². The van der Waals surface area contributed by atoms with Crippen LogP contribution in [0.15, 0.2) is 53.7 Å². The maximum atomic E-state index is 12.4. The first-order valence-corrected chi connectivity index (χ1v) is 12.1. The molecule has 2 aromatic rings. The van der Waals surface area contributed by atoms with Crippen molar-refractivity contribution in [2.45, 2.75) is 50.0 Å². The fourth-order valence-electron chi connectivity index (χ4n) is 3.98. The molecule has 0 radical (unpaired) electrons. The summed E-state index contributed by atoms with van der Waals surface area (Å²) < 4.78 is 29.7. The Morgan fingerprint density at radius 3 is 2.37 bits per heavy atom. The number of hydrogen-bond acceptors (Lipinski definition) is 5. The summed E-state index contributed by atoms with van der Waals surface area (Å²) in [4.78, 5) is 18.8. The van der Waals surface area contributed by atoms with Gasteiger partial charge in [0.25, 0.3) is 0 Å². The van der Waals surface area contributed by atoms with Gasteiger partial charge in [-0.3, -0.25) is 4.98 Å². The van der Waals surface area contributed by atoms with Crippen LogP contribution < -0.4 is 0 Å². The zero-order chi connectivity index (χ0) is 21.9. The predicted octanol–water partition coefficient (Wildman–Crippen LogP) is 4.26. The number of benzene rings is 1. The lowest BCUT2D eigenvalue weighted by molar-refractivity contribution is 0.0178. The van der Waals surface area contributed by atoms with Crippen LogP contribution in [0.5, 0.6) is 0 Å². The zero-order valence-electron chi connectivity index (χ0n) is 18.0. The van der Waals surface area contributed by atoms with Crippen molar-refractivity contribution in [2.24, 2.45) is 5.92 Å². The molecule has 1 aliphatic rings. The topological polar surface area (TPSA) is 76.6 Å². The number of rotatable bonds is 4. The SMILES string of the molecule is CC(C)(C)OC(=O)N1CCC(C(c2cccnc2)c2cccc(S(C)(=O)=O)c2)CC1. The van der Waals surface area contributed by atoms with Crippen LogP contribution in [0.2, 0.25) is 0 Å². The maximum Gasteiger partial charge on any atom is 0.410 e. The van der Waals surface area contributed by atoms with E-state index in [1.54, 1.807) is 29.3 Å². The summed E-state index contributed by atoms with van der Waals surface area (Å²) in [6, 6.07) is 11.1. The predicted molar refractivity (Wildman–Crippen MR) is 116 cm³/mol. The molecule has 3 rings (SSSR count). The Morgan fingerprint density at radius 1 is 1.13 bits per heavy atom. The number of sulfone groups is 1. The number of ether oxygens (including phenoxy) is 1. The van der Waals surface area contributed by atoms with Gasteiger partial charge in [0.2, 0.25) is 0 Å². The average Bonchev–Trinajstić information content (AvgIpc) is 2.68. The molecule has 6 nitrogen and oxygen atoms in total. The van der Waals surface area contributed by atoms with Crippen LogP contribution in [0.4, 0.5) is 4.79 Å². The summed E-state index contributed by atoms with van der Waals surface area (Å²) in [7, 11) is -3.29. The lowest BCUT2D eigenvalue weighted by Gasteiger charge is -2.37. The standard InChI is InChI=1S/C23H30N2O4S/c1-23(2,3)29-22(26)25-13-10-17(11-14-25)21(19-8-6-12-24-16-19)18-7-5-9-20(15-18)30(4,27)28/h5-9,12,15-17,21H,10-11,13-14H2,1-4H3. The number of pyridine rings is 1. The highest BCUT2D eigenvalue weighted by molar-refractivity contribution is 7.90. The Kier molecular flexibility index (Phi) is 6.50. The van der Waals surface area contributed by atoms with E-state index < -0.39 is 15.4 Å². The van der Waals surface area contributed by atoms with Gasteiger partial charge in [-0.05, 0) is 68.9 Å². The summed E-state index contributed by atoms with van der Waals surface area (Å²) in [5.74, 6) is 0.281. The van der Waals surface area contributed by atoms with Gasteiger partial charge in [0.05, 0.1) is 4.90 Å². The molecule has 1 aliphatic heterocycles. The molecule has 1 aromatic carbocycles. The number of aromatic nitrogens is 1. The van der Waals surface area contributed by atoms with Crippen LogP contribution in [-0.2, 0) is 14.6 Å². The number of likely N-dealkylation sites (tertiary alicyclic amines) is 1. The van der Waals surface area contributed by atoms with Crippen LogP contribution in [-0.4, -0.2) is 49.3 Å². The molecule has 0 saturated carbocycles. The van der Waals surface area contributed by atoms with Crippen LogP contribution in [0.3, 0.4) is 0 Å². The highest BCUT2D eigenvalue weighted by Crippen LogP contribution is 2.38. The molecule has 0 N–H and O–H groups in total. The van der Waals surface area contributed by atoms with E-state index in [1.807, 2.05) is 45.2 Å². The number of carbonyl (C=O) groups excluding carboxylic acids is 1. The first-order chi connectivity index (χ1) is 14.0. The van der Waals surface area contributed by atoms with Crippen molar-refractivity contribution in [2.75, 3.05) is 19.3 Å². The van der Waals surface area contributed by atoms with Crippen LogP contribution in [0.25, 0.3) is 0 Å². The molecule has 1 amide bonds. The molecule has 1 unspecified atom stereocenters. The van der Waals surface area contributed by atoms with Gasteiger partial charge in [-0.25, -0.2) is 13.2 Å². The lowest BCUT2D eigenvalue weighted by Crippen LogP contribution is -2.42. The van der Waals surface area contributed by atoms with Gasteiger partial charge < -0.3 is 9.64 Å². The summed E-state index contributed by atoms with van der Waals surface area (Å²) in [5.41, 5.74) is 1.50. The van der Waals surface area contributed by atoms with Crippen molar-refractivity contribution in [3.8, 4) is 0 Å². The van der Waals surface area contributed by atoms with E-state index in [-0.39, 0.29) is 17.9 Å². The van der Waals surface area contributed by atoms with Gasteiger partial charge in [0.15, 0.2) is 9.84 Å². The molecule has 2 heterocycles.